The normalized spacial score (nSPS) is 19.4. The van der Waals surface area contributed by atoms with Crippen molar-refractivity contribution >= 4 is 21.8 Å². The molecule has 1 heterocycles. The first kappa shape index (κ1) is 18.4. The van der Waals surface area contributed by atoms with Crippen LogP contribution in [0.15, 0.2) is 29.2 Å². The number of rotatable bonds is 6. The van der Waals surface area contributed by atoms with Gasteiger partial charge >= 0.3 is 0 Å². The highest BCUT2D eigenvalue weighted by molar-refractivity contribution is 7.89. The van der Waals surface area contributed by atoms with Gasteiger partial charge in [0.1, 0.15) is 6.04 Å². The van der Waals surface area contributed by atoms with Crippen LogP contribution in [0, 0.1) is 6.92 Å². The van der Waals surface area contributed by atoms with Gasteiger partial charge < -0.3 is 5.32 Å². The molecule has 0 saturated carbocycles. The Morgan fingerprint density at radius 1 is 1.33 bits per heavy atom. The highest BCUT2D eigenvalue weighted by atomic mass is 32.2. The molecule has 132 valence electrons. The van der Waals surface area contributed by atoms with Crippen molar-refractivity contribution < 1.29 is 18.0 Å². The molecule has 7 heteroatoms. The molecule has 1 aliphatic heterocycles. The second-order valence-corrected chi connectivity index (χ2v) is 8.08. The molecule has 2 amide bonds. The Morgan fingerprint density at radius 2 is 1.96 bits per heavy atom. The lowest BCUT2D eigenvalue weighted by molar-refractivity contribution is -0.131. The predicted molar refractivity (Wildman–Crippen MR) is 90.7 cm³/mol. The number of carbonyl (C=O) groups excluding carboxylic acids is 2. The number of hydrogen-bond donors (Lipinski definition) is 1. The molecule has 1 aromatic carbocycles. The number of aryl methyl sites for hydroxylation is 1. The van der Waals surface area contributed by atoms with E-state index in [0.717, 1.165) is 22.7 Å². The number of nitrogens with zero attached hydrogens (tertiary/aromatic N) is 1. The SMILES string of the molecule is CCC[C@@H](C)NC(=O)[C@H]1CCC(=O)N1S(=O)(=O)c1ccc(C)cc1. The second kappa shape index (κ2) is 7.34. The number of carbonyl (C=O) groups is 2. The Morgan fingerprint density at radius 3 is 2.54 bits per heavy atom. The van der Waals surface area contributed by atoms with Crippen LogP contribution < -0.4 is 5.32 Å². The molecular weight excluding hydrogens is 328 g/mol. The van der Waals surface area contributed by atoms with Gasteiger partial charge in [-0.05, 0) is 38.8 Å². The van der Waals surface area contributed by atoms with E-state index >= 15 is 0 Å². The number of sulfonamides is 1. The molecule has 0 spiro atoms. The summed E-state index contributed by atoms with van der Waals surface area (Å²) < 4.78 is 26.4. The lowest BCUT2D eigenvalue weighted by Gasteiger charge is -2.25. The largest absolute Gasteiger partial charge is 0.352 e. The van der Waals surface area contributed by atoms with E-state index in [1.54, 1.807) is 12.1 Å². The van der Waals surface area contributed by atoms with Gasteiger partial charge in [0.25, 0.3) is 10.0 Å². The monoisotopic (exact) mass is 352 g/mol. The summed E-state index contributed by atoms with van der Waals surface area (Å²) in [7, 11) is -4.02. The summed E-state index contributed by atoms with van der Waals surface area (Å²) in [5, 5.41) is 2.81. The summed E-state index contributed by atoms with van der Waals surface area (Å²) in [5.74, 6) is -0.934. The first-order valence-corrected chi connectivity index (χ1v) is 9.65. The highest BCUT2D eigenvalue weighted by Crippen LogP contribution is 2.27. The molecule has 6 nitrogen and oxygen atoms in total. The molecule has 2 atom stereocenters. The third-order valence-corrected chi connectivity index (χ3v) is 6.00. The van der Waals surface area contributed by atoms with Crippen LogP contribution >= 0.6 is 0 Å². The number of nitrogens with one attached hydrogen (secondary N) is 1. The van der Waals surface area contributed by atoms with Crippen molar-refractivity contribution in [3.05, 3.63) is 29.8 Å². The van der Waals surface area contributed by atoms with Crippen LogP contribution in [0.2, 0.25) is 0 Å². The number of benzene rings is 1. The predicted octanol–water partition coefficient (Wildman–Crippen LogP) is 1.98. The van der Waals surface area contributed by atoms with Crippen LogP contribution in [0.5, 0.6) is 0 Å². The Balaban J connectivity index is 2.26. The minimum atomic E-state index is -4.02. The van der Waals surface area contributed by atoms with E-state index in [2.05, 4.69) is 5.32 Å². The number of amides is 2. The molecule has 1 aromatic rings. The van der Waals surface area contributed by atoms with E-state index in [1.807, 2.05) is 20.8 Å². The van der Waals surface area contributed by atoms with Crippen molar-refractivity contribution in [2.45, 2.75) is 63.4 Å². The van der Waals surface area contributed by atoms with Gasteiger partial charge in [0, 0.05) is 12.5 Å². The highest BCUT2D eigenvalue weighted by Gasteiger charge is 2.44. The van der Waals surface area contributed by atoms with Crippen molar-refractivity contribution in [3.63, 3.8) is 0 Å². The van der Waals surface area contributed by atoms with Crippen LogP contribution in [0.4, 0.5) is 0 Å². The minimum Gasteiger partial charge on any atom is -0.352 e. The molecule has 0 unspecified atom stereocenters. The van der Waals surface area contributed by atoms with Gasteiger partial charge in [-0.25, -0.2) is 12.7 Å². The van der Waals surface area contributed by atoms with Crippen molar-refractivity contribution in [1.82, 2.24) is 9.62 Å². The van der Waals surface area contributed by atoms with E-state index in [0.29, 0.717) is 0 Å². The molecule has 2 rings (SSSR count). The molecular formula is C17H24N2O4S. The van der Waals surface area contributed by atoms with Gasteiger partial charge in [-0.2, -0.15) is 0 Å². The summed E-state index contributed by atoms with van der Waals surface area (Å²) in [6.07, 6.45) is 1.99. The van der Waals surface area contributed by atoms with Crippen molar-refractivity contribution in [1.29, 1.82) is 0 Å². The standard InChI is InChI=1S/C17H24N2O4S/c1-4-5-13(3)18-17(21)15-10-11-16(20)19(15)24(22,23)14-8-6-12(2)7-9-14/h6-9,13,15H,4-5,10-11H2,1-3H3,(H,18,21)/t13-,15-/m1/s1. The van der Waals surface area contributed by atoms with Crippen molar-refractivity contribution in [3.8, 4) is 0 Å². The molecule has 1 saturated heterocycles. The van der Waals surface area contributed by atoms with Crippen LogP contribution in [0.1, 0.15) is 45.1 Å². The fourth-order valence-corrected chi connectivity index (χ4v) is 4.47. The van der Waals surface area contributed by atoms with E-state index in [4.69, 9.17) is 0 Å². The fourth-order valence-electron chi connectivity index (χ4n) is 2.87. The van der Waals surface area contributed by atoms with Gasteiger partial charge in [-0.1, -0.05) is 31.0 Å². The smallest absolute Gasteiger partial charge is 0.267 e. The summed E-state index contributed by atoms with van der Waals surface area (Å²) in [6.45, 7) is 5.73. The Hall–Kier alpha value is -1.89. The lowest BCUT2D eigenvalue weighted by Crippen LogP contribution is -2.49. The molecule has 24 heavy (non-hydrogen) atoms. The van der Waals surface area contributed by atoms with Crippen LogP contribution in [0.25, 0.3) is 0 Å². The molecule has 0 aromatic heterocycles. The third-order valence-electron chi connectivity index (χ3n) is 4.15. The number of hydrogen-bond acceptors (Lipinski definition) is 4. The van der Waals surface area contributed by atoms with Crippen molar-refractivity contribution in [2.75, 3.05) is 0 Å². The van der Waals surface area contributed by atoms with Gasteiger partial charge in [-0.3, -0.25) is 9.59 Å². The van der Waals surface area contributed by atoms with Gasteiger partial charge in [-0.15, -0.1) is 0 Å². The first-order chi connectivity index (χ1) is 11.3. The average Bonchev–Trinajstić information content (AvgIpc) is 2.90. The quantitative estimate of drug-likeness (QED) is 0.848. The zero-order chi connectivity index (χ0) is 17.9. The van der Waals surface area contributed by atoms with Crippen molar-refractivity contribution in [2.24, 2.45) is 0 Å². The topological polar surface area (TPSA) is 83.6 Å². The Labute approximate surface area is 143 Å². The van der Waals surface area contributed by atoms with Crippen LogP contribution in [0.3, 0.4) is 0 Å². The summed E-state index contributed by atoms with van der Waals surface area (Å²) in [5.41, 5.74) is 0.921. The van der Waals surface area contributed by atoms with Crippen LogP contribution in [-0.4, -0.2) is 36.6 Å². The van der Waals surface area contributed by atoms with Crippen LogP contribution in [-0.2, 0) is 19.6 Å². The maximum Gasteiger partial charge on any atom is 0.267 e. The Kier molecular flexibility index (Phi) is 5.64. The zero-order valence-corrected chi connectivity index (χ0v) is 15.1. The first-order valence-electron chi connectivity index (χ1n) is 8.21. The van der Waals surface area contributed by atoms with E-state index < -0.39 is 27.9 Å². The summed E-state index contributed by atoms with van der Waals surface area (Å²) in [4.78, 5) is 24.6. The lowest BCUT2D eigenvalue weighted by atomic mass is 10.1. The maximum absolute atomic E-state index is 12.8. The second-order valence-electron chi connectivity index (χ2n) is 6.26. The van der Waals surface area contributed by atoms with Gasteiger partial charge in [0.05, 0.1) is 4.90 Å². The molecule has 1 fully saturated rings. The average molecular weight is 352 g/mol. The fraction of sp³-hybridized carbons (Fsp3) is 0.529. The Bertz CT molecular complexity index is 713. The minimum absolute atomic E-state index is 0.0303. The molecule has 0 aliphatic carbocycles. The molecule has 0 bridgehead atoms. The third kappa shape index (κ3) is 3.77. The van der Waals surface area contributed by atoms with E-state index in [-0.39, 0.29) is 23.8 Å². The van der Waals surface area contributed by atoms with E-state index in [9.17, 15) is 18.0 Å². The van der Waals surface area contributed by atoms with Gasteiger partial charge in [0.2, 0.25) is 11.8 Å². The molecule has 1 aliphatic rings. The summed E-state index contributed by atoms with van der Waals surface area (Å²) >= 11 is 0. The summed E-state index contributed by atoms with van der Waals surface area (Å²) in [6, 6.07) is 5.25. The molecule has 0 radical (unpaired) electrons. The van der Waals surface area contributed by atoms with Gasteiger partial charge in [0.15, 0.2) is 0 Å². The molecule has 1 N–H and O–H groups in total. The van der Waals surface area contributed by atoms with E-state index in [1.165, 1.54) is 12.1 Å². The zero-order valence-electron chi connectivity index (χ0n) is 14.3. The maximum atomic E-state index is 12.8.